The zero-order valence-corrected chi connectivity index (χ0v) is 11.5. The Hall–Kier alpha value is -1.92. The van der Waals surface area contributed by atoms with Gasteiger partial charge in [0.15, 0.2) is 14.9 Å². The molecule has 0 spiro atoms. The van der Waals surface area contributed by atoms with E-state index < -0.39 is 21.7 Å². The van der Waals surface area contributed by atoms with Crippen molar-refractivity contribution in [3.8, 4) is 5.75 Å². The Labute approximate surface area is 117 Å². The molecule has 20 heavy (non-hydrogen) atoms. The highest BCUT2D eigenvalue weighted by atomic mass is 32.2. The third-order valence-electron chi connectivity index (χ3n) is 2.55. The van der Waals surface area contributed by atoms with Crippen LogP contribution in [0.5, 0.6) is 5.75 Å². The van der Waals surface area contributed by atoms with Gasteiger partial charge in [-0.2, -0.15) is 0 Å². The number of hydrogen-bond acceptors (Lipinski definition) is 5. The molecule has 1 unspecified atom stereocenters. The van der Waals surface area contributed by atoms with E-state index in [4.69, 9.17) is 4.74 Å². The number of ether oxygens (including phenoxy) is 1. The number of sulfone groups is 1. The van der Waals surface area contributed by atoms with E-state index >= 15 is 0 Å². The molecule has 1 N–H and O–H groups in total. The molecule has 0 aliphatic heterocycles. The maximum absolute atomic E-state index is 12.0. The molecule has 1 heterocycles. The van der Waals surface area contributed by atoms with Crippen molar-refractivity contribution in [1.82, 2.24) is 4.98 Å². The first-order chi connectivity index (χ1) is 9.58. The van der Waals surface area contributed by atoms with Gasteiger partial charge < -0.3 is 9.84 Å². The highest BCUT2D eigenvalue weighted by Crippen LogP contribution is 2.11. The molecule has 1 aromatic carbocycles. The fraction of sp³-hybridized carbons (Fsp3) is 0.214. The average molecular weight is 293 g/mol. The molecule has 2 aromatic rings. The van der Waals surface area contributed by atoms with Crippen LogP contribution in [-0.2, 0) is 9.84 Å². The van der Waals surface area contributed by atoms with E-state index in [0.29, 0.717) is 5.75 Å². The average Bonchev–Trinajstić information content (AvgIpc) is 2.47. The minimum absolute atomic E-state index is 0.0428. The number of benzene rings is 1. The lowest BCUT2D eigenvalue weighted by molar-refractivity contribution is 0.125. The molecule has 0 aliphatic carbocycles. The summed E-state index contributed by atoms with van der Waals surface area (Å²) in [4.78, 5) is 3.78. The van der Waals surface area contributed by atoms with Crippen LogP contribution in [0.15, 0.2) is 59.8 Å². The largest absolute Gasteiger partial charge is 0.491 e. The second-order valence-electron chi connectivity index (χ2n) is 4.23. The minimum Gasteiger partial charge on any atom is -0.491 e. The second kappa shape index (κ2) is 6.49. The lowest BCUT2D eigenvalue weighted by Gasteiger charge is -2.12. The van der Waals surface area contributed by atoms with Crippen molar-refractivity contribution in [2.24, 2.45) is 0 Å². The van der Waals surface area contributed by atoms with Crippen LogP contribution in [0.3, 0.4) is 0 Å². The van der Waals surface area contributed by atoms with Crippen LogP contribution in [0, 0.1) is 0 Å². The summed E-state index contributed by atoms with van der Waals surface area (Å²) in [5.74, 6) is 0.165. The van der Waals surface area contributed by atoms with Gasteiger partial charge in [-0.1, -0.05) is 24.3 Å². The lowest BCUT2D eigenvalue weighted by Crippen LogP contribution is -2.27. The van der Waals surface area contributed by atoms with Gasteiger partial charge in [-0.05, 0) is 24.3 Å². The molecule has 1 aromatic heterocycles. The maximum Gasteiger partial charge on any atom is 0.198 e. The lowest BCUT2D eigenvalue weighted by atomic mass is 10.3. The third-order valence-corrected chi connectivity index (χ3v) is 4.26. The molecule has 1 atom stereocenters. The van der Waals surface area contributed by atoms with E-state index in [-0.39, 0.29) is 11.6 Å². The zero-order chi connectivity index (χ0) is 14.4. The van der Waals surface area contributed by atoms with Crippen LogP contribution >= 0.6 is 0 Å². The maximum atomic E-state index is 12.0. The Bertz CT molecular complexity index is 629. The predicted octanol–water partition coefficient (Wildman–Crippen LogP) is 1.30. The first-order valence-corrected chi connectivity index (χ1v) is 7.73. The summed E-state index contributed by atoms with van der Waals surface area (Å²) in [6.45, 7) is -0.0872. The molecule has 0 amide bonds. The normalized spacial score (nSPS) is 12.8. The Morgan fingerprint density at radius 3 is 2.45 bits per heavy atom. The number of pyridine rings is 1. The molecule has 0 bridgehead atoms. The van der Waals surface area contributed by atoms with Crippen molar-refractivity contribution < 1.29 is 18.3 Å². The second-order valence-corrected chi connectivity index (χ2v) is 6.21. The molecule has 0 saturated carbocycles. The van der Waals surface area contributed by atoms with Gasteiger partial charge in [-0.15, -0.1) is 0 Å². The molecule has 2 rings (SSSR count). The number of para-hydroxylation sites is 1. The van der Waals surface area contributed by atoms with Gasteiger partial charge in [0.2, 0.25) is 0 Å². The topological polar surface area (TPSA) is 76.5 Å². The summed E-state index contributed by atoms with van der Waals surface area (Å²) < 4.78 is 29.3. The standard InChI is InChI=1S/C14H15NO4S/c16-12(10-19-13-6-2-1-3-7-13)11-20(17,18)14-8-4-5-9-15-14/h1-9,12,16H,10-11H2. The first kappa shape index (κ1) is 14.5. The fourth-order valence-corrected chi connectivity index (χ4v) is 2.91. The Balaban J connectivity index is 1.93. The number of aliphatic hydroxyl groups excluding tert-OH is 1. The number of aromatic nitrogens is 1. The summed E-state index contributed by atoms with van der Waals surface area (Å²) >= 11 is 0. The SMILES string of the molecule is O=S(=O)(CC(O)COc1ccccc1)c1ccccn1. The molecule has 5 nitrogen and oxygen atoms in total. The predicted molar refractivity (Wildman–Crippen MR) is 74.2 cm³/mol. The molecule has 0 saturated heterocycles. The van der Waals surface area contributed by atoms with Crippen molar-refractivity contribution in [2.75, 3.05) is 12.4 Å². The van der Waals surface area contributed by atoms with Gasteiger partial charge in [-0.3, -0.25) is 0 Å². The van der Waals surface area contributed by atoms with E-state index in [2.05, 4.69) is 4.98 Å². The van der Waals surface area contributed by atoms with E-state index in [1.165, 1.54) is 12.3 Å². The van der Waals surface area contributed by atoms with Crippen molar-refractivity contribution >= 4 is 9.84 Å². The fourth-order valence-electron chi connectivity index (χ4n) is 1.63. The van der Waals surface area contributed by atoms with Crippen LogP contribution in [0.25, 0.3) is 0 Å². The van der Waals surface area contributed by atoms with Crippen molar-refractivity contribution in [1.29, 1.82) is 0 Å². The summed E-state index contributed by atoms with van der Waals surface area (Å²) in [5, 5.41) is 9.73. The summed E-state index contributed by atoms with van der Waals surface area (Å²) in [6, 6.07) is 13.5. The molecular weight excluding hydrogens is 278 g/mol. The highest BCUT2D eigenvalue weighted by molar-refractivity contribution is 7.91. The van der Waals surface area contributed by atoms with E-state index in [0.717, 1.165) is 0 Å². The molecule has 0 aliphatic rings. The zero-order valence-electron chi connectivity index (χ0n) is 10.7. The van der Waals surface area contributed by atoms with Gasteiger partial charge in [0, 0.05) is 6.20 Å². The van der Waals surface area contributed by atoms with Gasteiger partial charge in [0.25, 0.3) is 0 Å². The van der Waals surface area contributed by atoms with E-state index in [9.17, 15) is 13.5 Å². The van der Waals surface area contributed by atoms with Gasteiger partial charge in [-0.25, -0.2) is 13.4 Å². The van der Waals surface area contributed by atoms with Crippen LogP contribution in [0.2, 0.25) is 0 Å². The van der Waals surface area contributed by atoms with Gasteiger partial charge >= 0.3 is 0 Å². The van der Waals surface area contributed by atoms with E-state index in [1.807, 2.05) is 6.07 Å². The Morgan fingerprint density at radius 1 is 1.10 bits per heavy atom. The molecule has 106 valence electrons. The quantitative estimate of drug-likeness (QED) is 0.868. The van der Waals surface area contributed by atoms with Gasteiger partial charge in [0.1, 0.15) is 18.5 Å². The van der Waals surface area contributed by atoms with Crippen LogP contribution in [-0.4, -0.2) is 37.0 Å². The Kier molecular flexibility index (Phi) is 4.70. The minimum atomic E-state index is -3.61. The van der Waals surface area contributed by atoms with Crippen molar-refractivity contribution in [2.45, 2.75) is 11.1 Å². The number of aliphatic hydroxyl groups is 1. The number of nitrogens with zero attached hydrogens (tertiary/aromatic N) is 1. The first-order valence-electron chi connectivity index (χ1n) is 6.07. The third kappa shape index (κ3) is 4.04. The van der Waals surface area contributed by atoms with Crippen LogP contribution in [0.4, 0.5) is 0 Å². The van der Waals surface area contributed by atoms with Crippen molar-refractivity contribution in [3.63, 3.8) is 0 Å². The molecule has 6 heteroatoms. The Morgan fingerprint density at radius 2 is 1.80 bits per heavy atom. The van der Waals surface area contributed by atoms with Gasteiger partial charge in [0.05, 0.1) is 5.75 Å². The number of rotatable bonds is 6. The summed E-state index contributed by atoms with van der Waals surface area (Å²) in [5.41, 5.74) is 0. The van der Waals surface area contributed by atoms with E-state index in [1.54, 1.807) is 36.4 Å². The summed E-state index contributed by atoms with van der Waals surface area (Å²) in [7, 11) is -3.61. The number of hydrogen-bond donors (Lipinski definition) is 1. The van der Waals surface area contributed by atoms with Crippen LogP contribution < -0.4 is 4.74 Å². The molecule has 0 fully saturated rings. The smallest absolute Gasteiger partial charge is 0.198 e. The summed E-state index contributed by atoms with van der Waals surface area (Å²) in [6.07, 6.45) is 0.293. The monoisotopic (exact) mass is 293 g/mol. The molecular formula is C14H15NO4S. The van der Waals surface area contributed by atoms with Crippen molar-refractivity contribution in [3.05, 3.63) is 54.7 Å². The highest BCUT2D eigenvalue weighted by Gasteiger charge is 2.21. The van der Waals surface area contributed by atoms with Crippen LogP contribution in [0.1, 0.15) is 0 Å². The molecule has 0 radical (unpaired) electrons.